The fourth-order valence-electron chi connectivity index (χ4n) is 3.21. The first-order valence-corrected chi connectivity index (χ1v) is 11.1. The number of thiol groups is 1. The van der Waals surface area contributed by atoms with E-state index in [1.54, 1.807) is 0 Å². The molecule has 0 radical (unpaired) electrons. The van der Waals surface area contributed by atoms with E-state index in [4.69, 9.17) is 9.84 Å². The van der Waals surface area contributed by atoms with Gasteiger partial charge in [0, 0.05) is 17.2 Å². The van der Waals surface area contributed by atoms with Gasteiger partial charge in [-0.05, 0) is 24.8 Å². The predicted octanol–water partition coefficient (Wildman–Crippen LogP) is 3.90. The average Bonchev–Trinajstić information content (AvgIpc) is 3.12. The number of amides is 1. The Morgan fingerprint density at radius 3 is 2.59 bits per heavy atom. The van der Waals surface area contributed by atoms with Crippen LogP contribution in [0.15, 0.2) is 18.3 Å². The van der Waals surface area contributed by atoms with Gasteiger partial charge in [-0.1, -0.05) is 26.8 Å². The molecule has 10 heteroatoms. The highest BCUT2D eigenvalue weighted by Crippen LogP contribution is 2.22. The quantitative estimate of drug-likeness (QED) is 0.410. The van der Waals surface area contributed by atoms with Crippen molar-refractivity contribution < 1.29 is 28.2 Å². The summed E-state index contributed by atoms with van der Waals surface area (Å²) in [5.41, 5.74) is -0.267. The summed E-state index contributed by atoms with van der Waals surface area (Å²) in [4.78, 5) is 27.8. The van der Waals surface area contributed by atoms with E-state index in [0.29, 0.717) is 36.8 Å². The second-order valence-corrected chi connectivity index (χ2v) is 8.26. The molecule has 0 aliphatic heterocycles. The summed E-state index contributed by atoms with van der Waals surface area (Å²) in [5.74, 6) is -3.88. The highest BCUT2D eigenvalue weighted by atomic mass is 32.1. The van der Waals surface area contributed by atoms with Crippen LogP contribution in [0.3, 0.4) is 0 Å². The Kier molecular flexibility index (Phi) is 9.49. The van der Waals surface area contributed by atoms with Gasteiger partial charge in [-0.25, -0.2) is 18.6 Å². The van der Waals surface area contributed by atoms with E-state index in [9.17, 15) is 18.4 Å². The van der Waals surface area contributed by atoms with Crippen LogP contribution in [0, 0.1) is 23.5 Å². The molecule has 0 fully saturated rings. The maximum absolute atomic E-state index is 14.5. The third-order valence-electron chi connectivity index (χ3n) is 4.85. The maximum Gasteiger partial charge on any atom is 0.338 e. The number of carboxylic acids is 1. The van der Waals surface area contributed by atoms with Crippen molar-refractivity contribution >= 4 is 24.5 Å². The summed E-state index contributed by atoms with van der Waals surface area (Å²) in [5, 5.41) is 11.8. The minimum Gasteiger partial charge on any atom is -0.478 e. The lowest BCUT2D eigenvalue weighted by atomic mass is 9.98. The first-order valence-electron chi connectivity index (χ1n) is 10.4. The first-order chi connectivity index (χ1) is 15.2. The van der Waals surface area contributed by atoms with Crippen molar-refractivity contribution in [2.45, 2.75) is 46.7 Å². The number of nitrogens with zero attached hydrogens (tertiary/aromatic N) is 2. The molecule has 0 saturated heterocycles. The molecule has 0 spiro atoms. The van der Waals surface area contributed by atoms with Crippen LogP contribution in [0.5, 0.6) is 6.01 Å². The molecular formula is C22H29F2N3O4S. The molecule has 0 saturated carbocycles. The van der Waals surface area contributed by atoms with Gasteiger partial charge in [0.15, 0.2) is 11.6 Å². The largest absolute Gasteiger partial charge is 0.478 e. The number of nitrogens with one attached hydrogen (secondary N) is 1. The van der Waals surface area contributed by atoms with Gasteiger partial charge in [-0.15, -0.1) is 0 Å². The molecule has 2 N–H and O–H groups in total. The minimum absolute atomic E-state index is 0.0625. The third-order valence-corrected chi connectivity index (χ3v) is 5.29. The van der Waals surface area contributed by atoms with Gasteiger partial charge < -0.3 is 15.2 Å². The van der Waals surface area contributed by atoms with Crippen LogP contribution in [0.1, 0.15) is 55.2 Å². The summed E-state index contributed by atoms with van der Waals surface area (Å²) in [6.07, 6.45) is 2.91. The Morgan fingerprint density at radius 1 is 1.28 bits per heavy atom. The summed E-state index contributed by atoms with van der Waals surface area (Å²) in [7, 11) is 0. The molecule has 1 aromatic heterocycles. The van der Waals surface area contributed by atoms with Crippen LogP contribution < -0.4 is 10.1 Å². The molecule has 0 bridgehead atoms. The normalized spacial score (nSPS) is 12.1. The minimum atomic E-state index is -1.55. The van der Waals surface area contributed by atoms with Crippen molar-refractivity contribution in [2.75, 3.05) is 12.4 Å². The summed E-state index contributed by atoms with van der Waals surface area (Å²) in [6, 6.07) is 2.43. The molecule has 1 atom stereocenters. The van der Waals surface area contributed by atoms with E-state index in [1.165, 1.54) is 16.8 Å². The van der Waals surface area contributed by atoms with Crippen molar-refractivity contribution in [3.05, 3.63) is 46.8 Å². The SMILES string of the molecule is CCCOc1ncc(CNC(=O)[C@@H](CS)CC(C)C)n1Cc1ccc(C(=O)O)c(F)c1F. The van der Waals surface area contributed by atoms with E-state index >= 15 is 0 Å². The van der Waals surface area contributed by atoms with Gasteiger partial charge in [0.25, 0.3) is 6.01 Å². The van der Waals surface area contributed by atoms with E-state index in [0.717, 1.165) is 6.07 Å². The number of ether oxygens (including phenoxy) is 1. The fraction of sp³-hybridized carbons (Fsp3) is 0.500. The molecule has 2 rings (SSSR count). The third kappa shape index (κ3) is 6.44. The van der Waals surface area contributed by atoms with Gasteiger partial charge >= 0.3 is 5.97 Å². The fourth-order valence-corrected chi connectivity index (χ4v) is 3.53. The number of imidazole rings is 1. The van der Waals surface area contributed by atoms with Gasteiger partial charge in [0.2, 0.25) is 5.91 Å². The molecule has 0 aliphatic rings. The molecule has 176 valence electrons. The van der Waals surface area contributed by atoms with Gasteiger partial charge in [0.1, 0.15) is 0 Å². The lowest BCUT2D eigenvalue weighted by Gasteiger charge is -2.17. The standard InChI is InChI=1S/C22H29F2N3O4S/c1-4-7-31-22-26-10-16(9-25-20(28)15(12-32)8-13(2)3)27(22)11-14-5-6-17(21(29)30)19(24)18(14)23/h5-6,10,13,15,32H,4,7-9,11-12H2,1-3H3,(H,25,28)(H,29,30)/t15-/m1/s1. The van der Waals surface area contributed by atoms with Crippen molar-refractivity contribution in [3.63, 3.8) is 0 Å². The van der Waals surface area contributed by atoms with E-state index in [2.05, 4.69) is 22.9 Å². The lowest BCUT2D eigenvalue weighted by Crippen LogP contribution is -2.32. The van der Waals surface area contributed by atoms with E-state index < -0.39 is 23.2 Å². The zero-order chi connectivity index (χ0) is 23.8. The van der Waals surface area contributed by atoms with Crippen LogP contribution in [0.4, 0.5) is 8.78 Å². The summed E-state index contributed by atoms with van der Waals surface area (Å²) >= 11 is 4.26. The molecule has 32 heavy (non-hydrogen) atoms. The van der Waals surface area contributed by atoms with E-state index in [1.807, 2.05) is 20.8 Å². The smallest absolute Gasteiger partial charge is 0.338 e. The summed E-state index contributed by atoms with van der Waals surface area (Å²) < 4.78 is 35.8. The number of carboxylic acid groups (broad SMARTS) is 1. The highest BCUT2D eigenvalue weighted by molar-refractivity contribution is 7.80. The van der Waals surface area contributed by atoms with Crippen molar-refractivity contribution in [3.8, 4) is 6.01 Å². The number of halogens is 2. The molecule has 0 aliphatic carbocycles. The van der Waals surface area contributed by atoms with Crippen LogP contribution in [-0.2, 0) is 17.9 Å². The number of carbonyl (C=O) groups is 2. The topological polar surface area (TPSA) is 93.5 Å². The molecule has 1 aromatic carbocycles. The van der Waals surface area contributed by atoms with Crippen molar-refractivity contribution in [2.24, 2.45) is 11.8 Å². The van der Waals surface area contributed by atoms with Crippen LogP contribution in [0.2, 0.25) is 0 Å². The average molecular weight is 470 g/mol. The maximum atomic E-state index is 14.5. The number of rotatable bonds is 12. The molecule has 0 unspecified atom stereocenters. The van der Waals surface area contributed by atoms with E-state index in [-0.39, 0.29) is 36.5 Å². The summed E-state index contributed by atoms with van der Waals surface area (Å²) in [6.45, 7) is 6.31. The Bertz CT molecular complexity index is 949. The highest BCUT2D eigenvalue weighted by Gasteiger charge is 2.22. The molecule has 1 amide bonds. The number of hydrogen-bond donors (Lipinski definition) is 3. The molecular weight excluding hydrogens is 440 g/mol. The number of carbonyl (C=O) groups excluding carboxylic acids is 1. The van der Waals surface area contributed by atoms with Gasteiger partial charge in [-0.3, -0.25) is 9.36 Å². The predicted molar refractivity (Wildman–Crippen MR) is 119 cm³/mol. The van der Waals surface area contributed by atoms with Gasteiger partial charge in [0.05, 0.1) is 37.2 Å². The van der Waals surface area contributed by atoms with Crippen LogP contribution in [0.25, 0.3) is 0 Å². The number of benzene rings is 1. The monoisotopic (exact) mass is 469 g/mol. The Balaban J connectivity index is 2.28. The number of aromatic carboxylic acids is 1. The first kappa shape index (κ1) is 25.6. The van der Waals surface area contributed by atoms with Gasteiger partial charge in [-0.2, -0.15) is 12.6 Å². The molecule has 2 aromatic rings. The zero-order valence-corrected chi connectivity index (χ0v) is 19.3. The second-order valence-electron chi connectivity index (χ2n) is 7.90. The Labute approximate surface area is 191 Å². The number of aromatic nitrogens is 2. The zero-order valence-electron chi connectivity index (χ0n) is 18.4. The van der Waals surface area contributed by atoms with Crippen LogP contribution in [-0.4, -0.2) is 38.9 Å². The van der Waals surface area contributed by atoms with Crippen molar-refractivity contribution in [1.82, 2.24) is 14.9 Å². The Morgan fingerprint density at radius 2 is 2.00 bits per heavy atom. The lowest BCUT2D eigenvalue weighted by molar-refractivity contribution is -0.124. The van der Waals surface area contributed by atoms with Crippen molar-refractivity contribution in [1.29, 1.82) is 0 Å². The molecule has 7 nitrogen and oxygen atoms in total. The second kappa shape index (κ2) is 11.8. The molecule has 1 heterocycles. The van der Waals surface area contributed by atoms with Crippen LogP contribution >= 0.6 is 12.6 Å². The Hall–Kier alpha value is -2.62. The number of hydrogen-bond acceptors (Lipinski definition) is 5.